The van der Waals surface area contributed by atoms with Gasteiger partial charge in [0.2, 0.25) is 0 Å². The van der Waals surface area contributed by atoms with Crippen molar-refractivity contribution in [1.82, 2.24) is 4.57 Å². The van der Waals surface area contributed by atoms with E-state index in [1.54, 1.807) is 29.2 Å². The molecule has 0 spiro atoms. The number of carboxylic acid groups (broad SMARTS) is 1. The minimum Gasteiger partial charge on any atom is -0.477 e. The molecule has 0 saturated heterocycles. The second kappa shape index (κ2) is 9.03. The summed E-state index contributed by atoms with van der Waals surface area (Å²) < 4.78 is 6.39. The third kappa shape index (κ3) is 5.95. The van der Waals surface area contributed by atoms with E-state index in [-0.39, 0.29) is 0 Å². The van der Waals surface area contributed by atoms with Crippen molar-refractivity contribution in [3.05, 3.63) is 48.7 Å². The highest BCUT2D eigenvalue weighted by Crippen LogP contribution is 2.06. The molecule has 2 heterocycles. The molecule has 2 rings (SSSR count). The highest BCUT2D eigenvalue weighted by molar-refractivity contribution is 5.85. The fraction of sp³-hybridized carbons (Fsp3) is 0.400. The first-order valence-corrected chi connectivity index (χ1v) is 6.61. The van der Waals surface area contributed by atoms with Gasteiger partial charge in [0.05, 0.1) is 12.5 Å². The van der Waals surface area contributed by atoms with Crippen LogP contribution in [0.25, 0.3) is 0 Å². The average Bonchev–Trinajstić information content (AvgIpc) is 3.07. The number of aromatic nitrogens is 1. The van der Waals surface area contributed by atoms with Crippen LogP contribution in [0.5, 0.6) is 0 Å². The van der Waals surface area contributed by atoms with Gasteiger partial charge in [0.1, 0.15) is 5.69 Å². The predicted octanol–water partition coefficient (Wildman–Crippen LogP) is 4.05. The van der Waals surface area contributed by atoms with E-state index in [1.807, 2.05) is 18.3 Å². The Bertz CT molecular complexity index is 428. The fourth-order valence-corrected chi connectivity index (χ4v) is 1.74. The minimum absolute atomic E-state index is 0.390. The number of aromatic carboxylic acids is 1. The monoisotopic (exact) mass is 263 g/mol. The molecule has 2 aromatic heterocycles. The van der Waals surface area contributed by atoms with Crippen LogP contribution in [0.3, 0.4) is 0 Å². The quantitative estimate of drug-likeness (QED) is 0.800. The second-order valence-electron chi connectivity index (χ2n) is 4.25. The first-order valence-electron chi connectivity index (χ1n) is 6.61. The molecule has 4 nitrogen and oxygen atoms in total. The van der Waals surface area contributed by atoms with Crippen LogP contribution in [0, 0.1) is 0 Å². The third-order valence-electron chi connectivity index (χ3n) is 2.73. The van der Waals surface area contributed by atoms with Gasteiger partial charge in [0, 0.05) is 12.7 Å². The van der Waals surface area contributed by atoms with Crippen LogP contribution in [0.4, 0.5) is 0 Å². The standard InChI is InChI=1S/C11H17NO2.C4H4O/c1-2-3-4-5-8-12-9-6-7-10(12)11(13)14;1-2-4-5-3-1/h6-7,9H,2-5,8H2,1H3,(H,13,14);1-4H. The van der Waals surface area contributed by atoms with E-state index in [9.17, 15) is 4.79 Å². The number of hydrogen-bond acceptors (Lipinski definition) is 2. The molecular weight excluding hydrogens is 242 g/mol. The van der Waals surface area contributed by atoms with Crippen molar-refractivity contribution in [3.63, 3.8) is 0 Å². The Labute approximate surface area is 113 Å². The molecule has 104 valence electrons. The zero-order valence-corrected chi connectivity index (χ0v) is 11.3. The Morgan fingerprint density at radius 3 is 2.47 bits per heavy atom. The second-order valence-corrected chi connectivity index (χ2v) is 4.25. The van der Waals surface area contributed by atoms with Crippen molar-refractivity contribution in [3.8, 4) is 0 Å². The van der Waals surface area contributed by atoms with E-state index in [2.05, 4.69) is 11.3 Å². The lowest BCUT2D eigenvalue weighted by Gasteiger charge is -2.05. The Morgan fingerprint density at radius 2 is 1.95 bits per heavy atom. The van der Waals surface area contributed by atoms with E-state index < -0.39 is 5.97 Å². The molecule has 0 unspecified atom stereocenters. The summed E-state index contributed by atoms with van der Waals surface area (Å²) in [5.74, 6) is -0.842. The van der Waals surface area contributed by atoms with Gasteiger partial charge in [0.25, 0.3) is 0 Å². The molecule has 4 heteroatoms. The molecule has 19 heavy (non-hydrogen) atoms. The summed E-state index contributed by atoms with van der Waals surface area (Å²) in [6.07, 6.45) is 9.74. The summed E-state index contributed by atoms with van der Waals surface area (Å²) in [6, 6.07) is 7.09. The first-order chi connectivity index (χ1) is 9.25. The van der Waals surface area contributed by atoms with E-state index in [0.29, 0.717) is 5.69 Å². The number of aryl methyl sites for hydroxylation is 1. The molecule has 0 amide bonds. The van der Waals surface area contributed by atoms with E-state index in [1.165, 1.54) is 19.3 Å². The molecule has 0 saturated carbocycles. The van der Waals surface area contributed by atoms with Crippen molar-refractivity contribution in [2.45, 2.75) is 39.2 Å². The summed E-state index contributed by atoms with van der Waals surface area (Å²) in [5, 5.41) is 8.84. The zero-order chi connectivity index (χ0) is 13.9. The molecule has 0 fully saturated rings. The molecule has 0 bridgehead atoms. The summed E-state index contributed by atoms with van der Waals surface area (Å²) in [6.45, 7) is 2.98. The number of furan rings is 1. The van der Waals surface area contributed by atoms with Gasteiger partial charge in [-0.25, -0.2) is 4.79 Å². The zero-order valence-electron chi connectivity index (χ0n) is 11.3. The van der Waals surface area contributed by atoms with Crippen LogP contribution >= 0.6 is 0 Å². The van der Waals surface area contributed by atoms with Gasteiger partial charge < -0.3 is 14.1 Å². The normalized spacial score (nSPS) is 9.74. The lowest BCUT2D eigenvalue weighted by Crippen LogP contribution is -2.07. The van der Waals surface area contributed by atoms with Gasteiger partial charge in [-0.15, -0.1) is 0 Å². The highest BCUT2D eigenvalue weighted by Gasteiger charge is 2.07. The van der Waals surface area contributed by atoms with Crippen molar-refractivity contribution in [2.75, 3.05) is 0 Å². The third-order valence-corrected chi connectivity index (χ3v) is 2.73. The van der Waals surface area contributed by atoms with Crippen LogP contribution in [-0.4, -0.2) is 15.6 Å². The molecular formula is C15H21NO3. The minimum atomic E-state index is -0.842. The van der Waals surface area contributed by atoms with Gasteiger partial charge in [0.15, 0.2) is 0 Å². The van der Waals surface area contributed by atoms with Gasteiger partial charge in [-0.1, -0.05) is 26.2 Å². The number of carbonyl (C=O) groups is 1. The van der Waals surface area contributed by atoms with Crippen molar-refractivity contribution in [1.29, 1.82) is 0 Å². The van der Waals surface area contributed by atoms with E-state index in [0.717, 1.165) is 13.0 Å². The first kappa shape index (κ1) is 15.1. The number of nitrogens with zero attached hydrogens (tertiary/aromatic N) is 1. The van der Waals surface area contributed by atoms with Crippen LogP contribution in [0.1, 0.15) is 43.1 Å². The summed E-state index contributed by atoms with van der Waals surface area (Å²) in [5.41, 5.74) is 0.390. The molecule has 0 atom stereocenters. The highest BCUT2D eigenvalue weighted by atomic mass is 16.4. The predicted molar refractivity (Wildman–Crippen MR) is 74.2 cm³/mol. The number of hydrogen-bond donors (Lipinski definition) is 1. The van der Waals surface area contributed by atoms with Gasteiger partial charge in [-0.3, -0.25) is 0 Å². The van der Waals surface area contributed by atoms with Crippen molar-refractivity contribution < 1.29 is 14.3 Å². The SMILES string of the molecule is CCCCCCn1cccc1C(=O)O.c1ccoc1. The van der Waals surface area contributed by atoms with Gasteiger partial charge >= 0.3 is 5.97 Å². The van der Waals surface area contributed by atoms with Crippen molar-refractivity contribution in [2.24, 2.45) is 0 Å². The lowest BCUT2D eigenvalue weighted by atomic mass is 10.2. The number of rotatable bonds is 6. The average molecular weight is 263 g/mol. The van der Waals surface area contributed by atoms with Crippen LogP contribution in [0.2, 0.25) is 0 Å². The Balaban J connectivity index is 0.000000300. The van der Waals surface area contributed by atoms with E-state index in [4.69, 9.17) is 5.11 Å². The molecule has 0 radical (unpaired) electrons. The Morgan fingerprint density at radius 1 is 1.21 bits per heavy atom. The largest absolute Gasteiger partial charge is 0.477 e. The van der Waals surface area contributed by atoms with E-state index >= 15 is 0 Å². The molecule has 0 aromatic carbocycles. The lowest BCUT2D eigenvalue weighted by molar-refractivity contribution is 0.0685. The molecule has 0 aliphatic rings. The van der Waals surface area contributed by atoms with Gasteiger partial charge in [-0.2, -0.15) is 0 Å². The smallest absolute Gasteiger partial charge is 0.352 e. The summed E-state index contributed by atoms with van der Waals surface area (Å²) >= 11 is 0. The topological polar surface area (TPSA) is 55.4 Å². The number of carboxylic acids is 1. The van der Waals surface area contributed by atoms with Gasteiger partial charge in [-0.05, 0) is 30.7 Å². The van der Waals surface area contributed by atoms with Crippen LogP contribution < -0.4 is 0 Å². The maximum Gasteiger partial charge on any atom is 0.352 e. The molecule has 1 N–H and O–H groups in total. The van der Waals surface area contributed by atoms with Crippen LogP contribution in [-0.2, 0) is 6.54 Å². The molecule has 2 aromatic rings. The Kier molecular flexibility index (Phi) is 7.17. The molecule has 0 aliphatic heterocycles. The summed E-state index contributed by atoms with van der Waals surface area (Å²) in [7, 11) is 0. The molecule has 0 aliphatic carbocycles. The maximum absolute atomic E-state index is 10.8. The number of unbranched alkanes of at least 4 members (excludes halogenated alkanes) is 3. The fourth-order valence-electron chi connectivity index (χ4n) is 1.74. The van der Waals surface area contributed by atoms with Crippen molar-refractivity contribution >= 4 is 5.97 Å². The van der Waals surface area contributed by atoms with Crippen LogP contribution in [0.15, 0.2) is 47.4 Å². The maximum atomic E-state index is 10.8. The summed E-state index contributed by atoms with van der Waals surface area (Å²) in [4.78, 5) is 10.8. The Hall–Kier alpha value is -1.97.